The van der Waals surface area contributed by atoms with Gasteiger partial charge < -0.3 is 10.6 Å². The fraction of sp³-hybridized carbons (Fsp3) is 0.133. The van der Waals surface area contributed by atoms with Gasteiger partial charge in [-0.05, 0) is 35.4 Å². The number of carbonyl (C=O) groups excluding carboxylic acids is 1. The third-order valence-electron chi connectivity index (χ3n) is 3.35. The van der Waals surface area contributed by atoms with E-state index >= 15 is 0 Å². The highest BCUT2D eigenvalue weighted by atomic mass is 19.1. The van der Waals surface area contributed by atoms with Crippen LogP contribution in [0.5, 0.6) is 0 Å². The lowest BCUT2D eigenvalue weighted by Gasteiger charge is -2.15. The minimum atomic E-state index is -0.755. The van der Waals surface area contributed by atoms with Crippen LogP contribution >= 0.6 is 0 Å². The van der Waals surface area contributed by atoms with E-state index in [0.29, 0.717) is 18.8 Å². The summed E-state index contributed by atoms with van der Waals surface area (Å²) in [5, 5.41) is 0. The van der Waals surface area contributed by atoms with Gasteiger partial charge in [-0.15, -0.1) is 0 Å². The quantitative estimate of drug-likeness (QED) is 0.813. The first-order valence-electron chi connectivity index (χ1n) is 6.15. The summed E-state index contributed by atoms with van der Waals surface area (Å²) in [6.07, 6.45) is 0. The first-order chi connectivity index (χ1) is 9.52. The van der Waals surface area contributed by atoms with Crippen molar-refractivity contribution in [2.45, 2.75) is 13.1 Å². The molecule has 3 rings (SSSR count). The molecule has 0 aliphatic carbocycles. The molecule has 1 aliphatic heterocycles. The van der Waals surface area contributed by atoms with Crippen molar-refractivity contribution in [2.75, 3.05) is 5.73 Å². The summed E-state index contributed by atoms with van der Waals surface area (Å²) in [6, 6.07) is 8.29. The Balaban J connectivity index is 1.87. The van der Waals surface area contributed by atoms with E-state index in [1.54, 1.807) is 11.0 Å². The van der Waals surface area contributed by atoms with Gasteiger partial charge >= 0.3 is 0 Å². The molecule has 0 saturated heterocycles. The lowest BCUT2D eigenvalue weighted by atomic mass is 10.1. The Kier molecular flexibility index (Phi) is 2.89. The van der Waals surface area contributed by atoms with Crippen LogP contribution in [0.2, 0.25) is 0 Å². The minimum Gasteiger partial charge on any atom is -0.399 e. The Hall–Kier alpha value is -2.43. The van der Waals surface area contributed by atoms with Gasteiger partial charge in [0.1, 0.15) is 11.6 Å². The van der Waals surface area contributed by atoms with Crippen LogP contribution in [0, 0.1) is 11.6 Å². The van der Waals surface area contributed by atoms with Crippen molar-refractivity contribution in [3.63, 3.8) is 0 Å². The number of rotatable bonds is 1. The first-order valence-corrected chi connectivity index (χ1v) is 6.15. The van der Waals surface area contributed by atoms with E-state index in [-0.39, 0.29) is 5.56 Å². The van der Waals surface area contributed by atoms with Gasteiger partial charge in [0.15, 0.2) is 0 Å². The van der Waals surface area contributed by atoms with Gasteiger partial charge in [0.2, 0.25) is 0 Å². The molecule has 0 spiro atoms. The van der Waals surface area contributed by atoms with Crippen LogP contribution in [-0.4, -0.2) is 10.8 Å². The average molecular weight is 274 g/mol. The lowest BCUT2D eigenvalue weighted by molar-refractivity contribution is 0.0750. The first kappa shape index (κ1) is 12.6. The maximum atomic E-state index is 13.2. The zero-order valence-electron chi connectivity index (χ0n) is 10.6. The van der Waals surface area contributed by atoms with Crippen LogP contribution < -0.4 is 5.73 Å². The minimum absolute atomic E-state index is 0.0169. The number of fused-ring (bicyclic) bond motifs is 1. The number of hydrogen-bond acceptors (Lipinski definition) is 2. The fourth-order valence-electron chi connectivity index (χ4n) is 2.42. The number of nitrogens with two attached hydrogens (primary N) is 1. The van der Waals surface area contributed by atoms with Crippen molar-refractivity contribution in [1.29, 1.82) is 0 Å². The van der Waals surface area contributed by atoms with Crippen molar-refractivity contribution < 1.29 is 13.6 Å². The highest BCUT2D eigenvalue weighted by Gasteiger charge is 2.24. The zero-order valence-corrected chi connectivity index (χ0v) is 10.6. The normalized spacial score (nSPS) is 13.4. The predicted octanol–water partition coefficient (Wildman–Crippen LogP) is 2.70. The van der Waals surface area contributed by atoms with Crippen LogP contribution in [0.1, 0.15) is 21.5 Å². The lowest BCUT2D eigenvalue weighted by Crippen LogP contribution is -2.25. The topological polar surface area (TPSA) is 46.3 Å². The molecule has 1 aliphatic rings. The molecule has 0 saturated carbocycles. The summed E-state index contributed by atoms with van der Waals surface area (Å²) < 4.78 is 26.3. The molecular weight excluding hydrogens is 262 g/mol. The molecule has 5 heteroatoms. The number of halogens is 2. The molecule has 2 aromatic carbocycles. The van der Waals surface area contributed by atoms with E-state index in [1.807, 2.05) is 12.1 Å². The Morgan fingerprint density at radius 1 is 1.00 bits per heavy atom. The molecule has 3 nitrogen and oxygen atoms in total. The number of hydrogen-bond donors (Lipinski definition) is 1. The molecule has 1 amide bonds. The summed E-state index contributed by atoms with van der Waals surface area (Å²) in [5.74, 6) is -1.90. The van der Waals surface area contributed by atoms with Gasteiger partial charge in [-0.2, -0.15) is 0 Å². The van der Waals surface area contributed by atoms with Gasteiger partial charge in [-0.3, -0.25) is 4.79 Å². The molecule has 0 aromatic heterocycles. The zero-order chi connectivity index (χ0) is 14.3. The number of carbonyl (C=O) groups is 1. The SMILES string of the molecule is Nc1ccc2c(c1)CN(C(=O)c1cc(F)cc(F)c1)C2. The maximum Gasteiger partial charge on any atom is 0.254 e. The van der Waals surface area contributed by atoms with Crippen LogP contribution in [0.4, 0.5) is 14.5 Å². The Labute approximate surface area is 114 Å². The number of benzene rings is 2. The molecule has 0 atom stereocenters. The molecular formula is C15H12F2N2O. The summed E-state index contributed by atoms with van der Waals surface area (Å²) in [4.78, 5) is 13.8. The highest BCUT2D eigenvalue weighted by Crippen LogP contribution is 2.26. The third-order valence-corrected chi connectivity index (χ3v) is 3.35. The van der Waals surface area contributed by atoms with Gasteiger partial charge in [0, 0.05) is 30.4 Å². The second kappa shape index (κ2) is 4.59. The number of nitrogens with zero attached hydrogens (tertiary/aromatic N) is 1. The van der Waals surface area contributed by atoms with Crippen molar-refractivity contribution in [1.82, 2.24) is 4.90 Å². The molecule has 0 radical (unpaired) electrons. The van der Waals surface area contributed by atoms with E-state index in [4.69, 9.17) is 5.73 Å². The molecule has 102 valence electrons. The van der Waals surface area contributed by atoms with Crippen LogP contribution in [0.15, 0.2) is 36.4 Å². The second-order valence-corrected chi connectivity index (χ2v) is 4.85. The Morgan fingerprint density at radius 2 is 1.65 bits per heavy atom. The van der Waals surface area contributed by atoms with Crippen molar-refractivity contribution in [3.8, 4) is 0 Å². The summed E-state index contributed by atoms with van der Waals surface area (Å²) in [5.41, 5.74) is 8.32. The maximum absolute atomic E-state index is 13.2. The monoisotopic (exact) mass is 274 g/mol. The molecule has 0 bridgehead atoms. The summed E-state index contributed by atoms with van der Waals surface area (Å²) >= 11 is 0. The summed E-state index contributed by atoms with van der Waals surface area (Å²) in [6.45, 7) is 0.823. The number of anilines is 1. The van der Waals surface area contributed by atoms with Gasteiger partial charge in [0.05, 0.1) is 0 Å². The molecule has 0 fully saturated rings. The van der Waals surface area contributed by atoms with Gasteiger partial charge in [-0.25, -0.2) is 8.78 Å². The molecule has 20 heavy (non-hydrogen) atoms. The van der Waals surface area contributed by atoms with Gasteiger partial charge in [-0.1, -0.05) is 6.07 Å². The van der Waals surface area contributed by atoms with E-state index in [9.17, 15) is 13.6 Å². The molecule has 2 aromatic rings. The highest BCUT2D eigenvalue weighted by molar-refractivity contribution is 5.94. The van der Waals surface area contributed by atoms with Crippen LogP contribution in [-0.2, 0) is 13.1 Å². The van der Waals surface area contributed by atoms with Gasteiger partial charge in [0.25, 0.3) is 5.91 Å². The van der Waals surface area contributed by atoms with E-state index in [2.05, 4.69) is 0 Å². The van der Waals surface area contributed by atoms with Crippen LogP contribution in [0.25, 0.3) is 0 Å². The second-order valence-electron chi connectivity index (χ2n) is 4.85. The number of amides is 1. The average Bonchev–Trinajstić information content (AvgIpc) is 2.79. The standard InChI is InChI=1S/C15H12F2N2O/c16-12-3-10(4-13(17)6-12)15(20)19-7-9-1-2-14(18)5-11(9)8-19/h1-6H,7-8,18H2. The fourth-order valence-corrected chi connectivity index (χ4v) is 2.42. The van der Waals surface area contributed by atoms with Crippen molar-refractivity contribution in [3.05, 3.63) is 64.7 Å². The third kappa shape index (κ3) is 2.22. The largest absolute Gasteiger partial charge is 0.399 e. The Morgan fingerprint density at radius 3 is 2.35 bits per heavy atom. The van der Waals surface area contributed by atoms with E-state index < -0.39 is 17.5 Å². The number of nitrogen functional groups attached to an aromatic ring is 1. The predicted molar refractivity (Wildman–Crippen MR) is 70.8 cm³/mol. The van der Waals surface area contributed by atoms with Crippen molar-refractivity contribution in [2.24, 2.45) is 0 Å². The molecule has 1 heterocycles. The van der Waals surface area contributed by atoms with E-state index in [0.717, 1.165) is 29.3 Å². The van der Waals surface area contributed by atoms with Crippen LogP contribution in [0.3, 0.4) is 0 Å². The smallest absolute Gasteiger partial charge is 0.254 e. The summed E-state index contributed by atoms with van der Waals surface area (Å²) in [7, 11) is 0. The molecule has 0 unspecified atom stereocenters. The van der Waals surface area contributed by atoms with Crippen molar-refractivity contribution >= 4 is 11.6 Å². The Bertz CT molecular complexity index is 680. The van der Waals surface area contributed by atoms with E-state index in [1.165, 1.54) is 0 Å². The molecule has 2 N–H and O–H groups in total.